The number of aromatic nitrogens is 8. The van der Waals surface area contributed by atoms with Gasteiger partial charge in [0.25, 0.3) is 0 Å². The van der Waals surface area contributed by atoms with Crippen LogP contribution in [0.4, 0.5) is 35.7 Å². The van der Waals surface area contributed by atoms with Gasteiger partial charge >= 0.3 is 35.7 Å². The smallest absolute Gasteiger partial charge is 0.320 e. The first-order valence-corrected chi connectivity index (χ1v) is 7.38. The lowest BCUT2D eigenvalue weighted by Gasteiger charge is -2.07. The Morgan fingerprint density at radius 1 is 0.588 bits per heavy atom. The Morgan fingerprint density at radius 2 is 0.824 bits per heavy atom. The summed E-state index contributed by atoms with van der Waals surface area (Å²) in [4.78, 5) is 46.1. The second kappa shape index (κ2) is 16.4. The van der Waals surface area contributed by atoms with E-state index in [1.807, 2.05) is 0 Å². The van der Waals surface area contributed by atoms with Gasteiger partial charge in [-0.05, 0) is 0 Å². The molecule has 0 saturated carbocycles. The maximum absolute atomic E-state index is 10.2. The van der Waals surface area contributed by atoms with Crippen molar-refractivity contribution in [1.82, 2.24) is 29.9 Å². The molecule has 34 heavy (non-hydrogen) atoms. The van der Waals surface area contributed by atoms with Gasteiger partial charge in [0.1, 0.15) is 11.4 Å². The number of hydrogen-bond acceptors (Lipinski definition) is 16. The van der Waals surface area contributed by atoms with Gasteiger partial charge in [-0.1, -0.05) is 19.9 Å². The molecule has 0 aliphatic heterocycles. The molecule has 0 bridgehead atoms. The van der Waals surface area contributed by atoms with Gasteiger partial charge in [0.15, 0.2) is 0 Å². The lowest BCUT2D eigenvalue weighted by Crippen LogP contribution is -2.32. The SMILES string of the molecule is Nc1nc(N)[nH+]c(N)n1.Nc1nc(N)[nH+]c(N)n1.O.O.O.O.O=C([O-])c1nccnc1C(=O)[O-]. The fraction of sp³-hybridized carbons (Fsp3) is 0. The average molecular weight is 492 g/mol. The Labute approximate surface area is 188 Å². The van der Waals surface area contributed by atoms with Crippen molar-refractivity contribution in [2.24, 2.45) is 0 Å². The van der Waals surface area contributed by atoms with Crippen LogP contribution in [0.25, 0.3) is 0 Å². The summed E-state index contributed by atoms with van der Waals surface area (Å²) < 4.78 is 0. The summed E-state index contributed by atoms with van der Waals surface area (Å²) in [6, 6.07) is 0. The van der Waals surface area contributed by atoms with E-state index in [1.165, 1.54) is 0 Å². The summed E-state index contributed by atoms with van der Waals surface area (Å²) >= 11 is 0. The average Bonchev–Trinajstić information content (AvgIpc) is 2.60. The molecule has 3 aromatic rings. The van der Waals surface area contributed by atoms with E-state index in [0.717, 1.165) is 12.4 Å². The fourth-order valence-electron chi connectivity index (χ4n) is 1.55. The van der Waals surface area contributed by atoms with Crippen LogP contribution in [0.2, 0.25) is 0 Å². The summed E-state index contributed by atoms with van der Waals surface area (Å²) in [6.45, 7) is 0. The van der Waals surface area contributed by atoms with Crippen molar-refractivity contribution < 1.29 is 51.7 Å². The minimum absolute atomic E-state index is 0. The summed E-state index contributed by atoms with van der Waals surface area (Å²) in [5.74, 6) is -2.57. The second-order valence-electron chi connectivity index (χ2n) is 4.78. The van der Waals surface area contributed by atoms with Gasteiger partial charge in [-0.15, -0.1) is 0 Å². The number of rotatable bonds is 2. The molecule has 0 unspecified atom stereocenters. The van der Waals surface area contributed by atoms with Crippen molar-refractivity contribution in [2.45, 2.75) is 0 Å². The first-order chi connectivity index (χ1) is 14.0. The number of aromatic carboxylic acids is 2. The molecule has 0 spiro atoms. The number of nitrogen functional groups attached to an aromatic ring is 6. The summed E-state index contributed by atoms with van der Waals surface area (Å²) in [7, 11) is 0. The van der Waals surface area contributed by atoms with Crippen LogP contribution >= 0.6 is 0 Å². The molecule has 22 N–H and O–H groups in total. The molecular weight excluding hydrogens is 468 g/mol. The minimum atomic E-state index is -1.69. The van der Waals surface area contributed by atoms with E-state index in [4.69, 9.17) is 34.4 Å². The standard InChI is InChI=1S/C6H4N2O4.2C3H6N6.4H2O/c9-5(10)3-4(6(11)12)8-2-1-7-3;2*4-1-7-2(5)9-3(6)8-1;;;;/h1-2H,(H,9,10)(H,11,12);2*(H6,4,5,6,7,8,9);4*1H2. The number of carbonyl (C=O) groups excluding carboxylic acids is 2. The third-order valence-corrected chi connectivity index (χ3v) is 2.54. The zero-order chi connectivity index (χ0) is 22.8. The van der Waals surface area contributed by atoms with E-state index in [-0.39, 0.29) is 57.6 Å². The molecule has 190 valence electrons. The molecule has 0 radical (unpaired) electrons. The number of carboxylic acid groups (broad SMARTS) is 2. The molecule has 22 nitrogen and oxygen atoms in total. The van der Waals surface area contributed by atoms with Gasteiger partial charge in [-0.2, -0.15) is 0 Å². The zero-order valence-electron chi connectivity index (χ0n) is 16.9. The maximum Gasteiger partial charge on any atom is 0.320 e. The van der Waals surface area contributed by atoms with E-state index in [2.05, 4.69) is 39.9 Å². The normalized spacial score (nSPS) is 8.24. The highest BCUT2D eigenvalue weighted by atomic mass is 16.4. The summed E-state index contributed by atoms with van der Waals surface area (Å²) in [6.07, 6.45) is 2.11. The molecule has 3 heterocycles. The second-order valence-corrected chi connectivity index (χ2v) is 4.78. The third kappa shape index (κ3) is 12.4. The van der Waals surface area contributed by atoms with E-state index in [9.17, 15) is 19.8 Å². The monoisotopic (exact) mass is 492 g/mol. The van der Waals surface area contributed by atoms with Gasteiger partial charge in [0, 0.05) is 12.4 Å². The lowest BCUT2D eigenvalue weighted by molar-refractivity contribution is -0.351. The van der Waals surface area contributed by atoms with Crippen molar-refractivity contribution in [2.75, 3.05) is 34.4 Å². The fourth-order valence-corrected chi connectivity index (χ4v) is 1.55. The highest BCUT2D eigenvalue weighted by Gasteiger charge is 2.05. The first-order valence-electron chi connectivity index (χ1n) is 7.38. The van der Waals surface area contributed by atoms with Crippen molar-refractivity contribution in [3.63, 3.8) is 0 Å². The van der Waals surface area contributed by atoms with Crippen molar-refractivity contribution in [1.29, 1.82) is 0 Å². The van der Waals surface area contributed by atoms with Gasteiger partial charge in [-0.3, -0.25) is 9.97 Å². The maximum atomic E-state index is 10.2. The summed E-state index contributed by atoms with van der Waals surface area (Å²) in [5.41, 5.74) is 29.6. The van der Waals surface area contributed by atoms with E-state index in [1.54, 1.807) is 0 Å². The van der Waals surface area contributed by atoms with Crippen molar-refractivity contribution in [3.8, 4) is 0 Å². The largest absolute Gasteiger partial charge is 0.543 e. The number of carboxylic acids is 2. The number of anilines is 6. The molecule has 0 saturated heterocycles. The molecule has 0 aliphatic carbocycles. The van der Waals surface area contributed by atoms with E-state index >= 15 is 0 Å². The molecule has 0 aromatic carbocycles. The van der Waals surface area contributed by atoms with Gasteiger partial charge in [0.2, 0.25) is 0 Å². The van der Waals surface area contributed by atoms with Gasteiger partial charge < -0.3 is 76.1 Å². The van der Waals surface area contributed by atoms with Gasteiger partial charge in [0.05, 0.1) is 11.9 Å². The molecule has 0 amide bonds. The quantitative estimate of drug-likeness (QED) is 0.193. The van der Waals surface area contributed by atoms with E-state index in [0.29, 0.717) is 0 Å². The summed E-state index contributed by atoms with van der Waals surface area (Å²) in [5, 5.41) is 20.4. The molecule has 3 aromatic heterocycles. The Morgan fingerprint density at radius 3 is 1.00 bits per heavy atom. The number of aromatic amines is 2. The highest BCUT2D eigenvalue weighted by molar-refractivity contribution is 5.96. The van der Waals surface area contributed by atoms with Crippen LogP contribution in [0.5, 0.6) is 0 Å². The predicted molar refractivity (Wildman–Crippen MR) is 109 cm³/mol. The molecular formula is C12H24N14O8. The number of nitrogens with one attached hydrogen (secondary N) is 2. The lowest BCUT2D eigenvalue weighted by atomic mass is 10.3. The predicted octanol–water partition coefficient (Wildman–Crippen LogP) is -10.0. The zero-order valence-corrected chi connectivity index (χ0v) is 16.9. The Kier molecular flexibility index (Phi) is 17.4. The van der Waals surface area contributed by atoms with Crippen molar-refractivity contribution >= 4 is 47.6 Å². The van der Waals surface area contributed by atoms with E-state index < -0.39 is 23.3 Å². The van der Waals surface area contributed by atoms with Crippen LogP contribution in [0.1, 0.15) is 21.0 Å². The Balaban J connectivity index is -0.000000190. The van der Waals surface area contributed by atoms with Crippen LogP contribution in [0, 0.1) is 0 Å². The van der Waals surface area contributed by atoms with Gasteiger partial charge in [-0.25, -0.2) is 9.97 Å². The molecule has 3 rings (SSSR count). The van der Waals surface area contributed by atoms with Crippen molar-refractivity contribution in [3.05, 3.63) is 23.8 Å². The Bertz CT molecular complexity index is 871. The van der Waals surface area contributed by atoms with Crippen LogP contribution in [-0.2, 0) is 0 Å². The topological polar surface area (TPSA) is 468 Å². The Hall–Kier alpha value is -5.32. The van der Waals surface area contributed by atoms with Crippen LogP contribution in [-0.4, -0.2) is 63.7 Å². The first kappa shape index (κ1) is 36.1. The van der Waals surface area contributed by atoms with Crippen LogP contribution < -0.4 is 54.6 Å². The molecule has 0 fully saturated rings. The van der Waals surface area contributed by atoms with Crippen LogP contribution in [0.15, 0.2) is 12.4 Å². The number of nitrogens with zero attached hydrogens (tertiary/aromatic N) is 6. The third-order valence-electron chi connectivity index (χ3n) is 2.54. The van der Waals surface area contributed by atoms with Crippen LogP contribution in [0.3, 0.4) is 0 Å². The number of hydrogen-bond donors (Lipinski definition) is 6. The number of nitrogens with two attached hydrogens (primary N) is 6. The molecule has 0 aliphatic rings. The highest BCUT2D eigenvalue weighted by Crippen LogP contribution is 1.97. The number of carbonyl (C=O) groups is 2. The molecule has 0 atom stereocenters. The number of H-pyrrole nitrogens is 2. The minimum Gasteiger partial charge on any atom is -0.543 e. The molecule has 22 heteroatoms.